The van der Waals surface area contributed by atoms with E-state index in [0.717, 1.165) is 21.9 Å². The number of aromatic nitrogens is 1. The van der Waals surface area contributed by atoms with Crippen molar-refractivity contribution in [2.75, 3.05) is 6.61 Å². The molecule has 1 N–H and O–H groups in total. The van der Waals surface area contributed by atoms with Crippen molar-refractivity contribution in [2.45, 2.75) is 33.0 Å². The van der Waals surface area contributed by atoms with E-state index < -0.39 is 12.1 Å². The zero-order valence-electron chi connectivity index (χ0n) is 17.3. The van der Waals surface area contributed by atoms with E-state index in [0.29, 0.717) is 18.2 Å². The van der Waals surface area contributed by atoms with Crippen LogP contribution in [0.2, 0.25) is 0 Å². The quantitative estimate of drug-likeness (QED) is 0.346. The number of thiophene rings is 1. The Hall–Kier alpha value is -3.16. The van der Waals surface area contributed by atoms with E-state index in [1.807, 2.05) is 50.2 Å². The molecule has 31 heavy (non-hydrogen) atoms. The van der Waals surface area contributed by atoms with Gasteiger partial charge in [0.25, 0.3) is 0 Å². The molecule has 0 aliphatic heterocycles. The number of carbonyl (C=O) groups is 1. The monoisotopic (exact) mass is 437 g/mol. The summed E-state index contributed by atoms with van der Waals surface area (Å²) >= 11 is 1.65. The summed E-state index contributed by atoms with van der Waals surface area (Å²) in [7, 11) is 0. The Morgan fingerprint density at radius 3 is 2.68 bits per heavy atom. The van der Waals surface area contributed by atoms with Gasteiger partial charge >= 0.3 is 5.97 Å². The SMILES string of the molecule is CCOC(CC(=O)O)c1ccc(OCc2nc(-c3cc4ccccc4s3)oc2C)cc1. The number of rotatable bonds is 9. The summed E-state index contributed by atoms with van der Waals surface area (Å²) in [6, 6.07) is 17.6. The standard InChI is InChI=1S/C24H23NO5S/c1-3-28-20(13-23(26)27)16-8-10-18(11-9-16)29-14-19-15(2)30-24(25-19)22-12-17-6-4-5-7-21(17)31-22/h4-12,20H,3,13-14H2,1-2H3,(H,26,27). The van der Waals surface area contributed by atoms with Gasteiger partial charge in [-0.1, -0.05) is 30.3 Å². The van der Waals surface area contributed by atoms with Crippen molar-refractivity contribution >= 4 is 27.4 Å². The van der Waals surface area contributed by atoms with Crippen LogP contribution in [0.3, 0.4) is 0 Å². The topological polar surface area (TPSA) is 81.8 Å². The molecule has 160 valence electrons. The summed E-state index contributed by atoms with van der Waals surface area (Å²) in [6.07, 6.45) is -0.551. The van der Waals surface area contributed by atoms with Crippen LogP contribution in [0.25, 0.3) is 20.9 Å². The number of carboxylic acid groups (broad SMARTS) is 1. The predicted molar refractivity (Wildman–Crippen MR) is 119 cm³/mol. The summed E-state index contributed by atoms with van der Waals surface area (Å²) in [5.41, 5.74) is 1.55. The van der Waals surface area contributed by atoms with Crippen LogP contribution in [-0.4, -0.2) is 22.7 Å². The summed E-state index contributed by atoms with van der Waals surface area (Å²) in [4.78, 5) is 16.7. The highest BCUT2D eigenvalue weighted by Gasteiger charge is 2.17. The Morgan fingerprint density at radius 1 is 1.19 bits per heavy atom. The number of aliphatic carboxylic acids is 1. The van der Waals surface area contributed by atoms with Crippen LogP contribution < -0.4 is 4.74 Å². The third-order valence-electron chi connectivity index (χ3n) is 4.88. The van der Waals surface area contributed by atoms with Crippen molar-refractivity contribution in [1.82, 2.24) is 4.98 Å². The lowest BCUT2D eigenvalue weighted by molar-refractivity contribution is -0.140. The molecular formula is C24H23NO5S. The zero-order valence-corrected chi connectivity index (χ0v) is 18.1. The molecule has 0 saturated heterocycles. The van der Waals surface area contributed by atoms with Crippen molar-refractivity contribution in [2.24, 2.45) is 0 Å². The van der Waals surface area contributed by atoms with E-state index in [1.54, 1.807) is 11.3 Å². The minimum atomic E-state index is -0.894. The fourth-order valence-electron chi connectivity index (χ4n) is 3.32. The van der Waals surface area contributed by atoms with E-state index in [2.05, 4.69) is 23.2 Å². The first kappa shape index (κ1) is 21.1. The second-order valence-electron chi connectivity index (χ2n) is 7.07. The average Bonchev–Trinajstić information content (AvgIpc) is 3.35. The van der Waals surface area contributed by atoms with Crippen molar-refractivity contribution in [3.05, 3.63) is 71.6 Å². The number of aryl methyl sites for hydroxylation is 1. The van der Waals surface area contributed by atoms with Crippen LogP contribution in [0.5, 0.6) is 5.75 Å². The van der Waals surface area contributed by atoms with Gasteiger partial charge in [0.2, 0.25) is 5.89 Å². The van der Waals surface area contributed by atoms with Crippen LogP contribution in [0, 0.1) is 6.92 Å². The van der Waals surface area contributed by atoms with Gasteiger partial charge in [0.15, 0.2) is 0 Å². The number of fused-ring (bicyclic) bond motifs is 1. The molecule has 0 spiro atoms. The van der Waals surface area contributed by atoms with E-state index in [-0.39, 0.29) is 13.0 Å². The zero-order chi connectivity index (χ0) is 21.8. The van der Waals surface area contributed by atoms with Gasteiger partial charge < -0.3 is 19.0 Å². The van der Waals surface area contributed by atoms with Crippen LogP contribution in [0.15, 0.2) is 59.0 Å². The largest absolute Gasteiger partial charge is 0.487 e. The predicted octanol–water partition coefficient (Wildman–Crippen LogP) is 6.00. The average molecular weight is 438 g/mol. The van der Waals surface area contributed by atoms with Gasteiger partial charge in [-0.2, -0.15) is 0 Å². The number of carboxylic acids is 1. The maximum Gasteiger partial charge on any atom is 0.306 e. The highest BCUT2D eigenvalue weighted by molar-refractivity contribution is 7.22. The van der Waals surface area contributed by atoms with Crippen LogP contribution >= 0.6 is 11.3 Å². The molecule has 0 saturated carbocycles. The first-order valence-electron chi connectivity index (χ1n) is 10.0. The molecule has 2 heterocycles. The summed E-state index contributed by atoms with van der Waals surface area (Å²) < 4.78 is 18.5. The molecule has 7 heteroatoms. The van der Waals surface area contributed by atoms with Crippen molar-refractivity contribution < 1.29 is 23.8 Å². The molecule has 4 aromatic rings. The molecule has 6 nitrogen and oxygen atoms in total. The second kappa shape index (κ2) is 9.32. The highest BCUT2D eigenvalue weighted by atomic mass is 32.1. The molecule has 4 rings (SSSR count). The Balaban J connectivity index is 1.44. The number of nitrogens with zero attached hydrogens (tertiary/aromatic N) is 1. The van der Waals surface area contributed by atoms with Crippen molar-refractivity contribution in [1.29, 1.82) is 0 Å². The smallest absolute Gasteiger partial charge is 0.306 e. The lowest BCUT2D eigenvalue weighted by Crippen LogP contribution is -2.10. The Kier molecular flexibility index (Phi) is 6.34. The molecule has 2 aromatic carbocycles. The second-order valence-corrected chi connectivity index (χ2v) is 8.15. The normalized spacial score (nSPS) is 12.2. The van der Waals surface area contributed by atoms with E-state index in [4.69, 9.17) is 19.0 Å². The maximum atomic E-state index is 11.1. The van der Waals surface area contributed by atoms with E-state index >= 15 is 0 Å². The molecule has 0 aliphatic rings. The molecule has 2 aromatic heterocycles. The minimum absolute atomic E-state index is 0.0767. The van der Waals surface area contributed by atoms with E-state index in [1.165, 1.54) is 10.1 Å². The number of oxazole rings is 1. The van der Waals surface area contributed by atoms with Gasteiger partial charge in [-0.3, -0.25) is 4.79 Å². The number of hydrogen-bond acceptors (Lipinski definition) is 6. The third kappa shape index (κ3) is 4.95. The van der Waals surface area contributed by atoms with Crippen LogP contribution in [0.4, 0.5) is 0 Å². The third-order valence-corrected chi connectivity index (χ3v) is 5.99. The van der Waals surface area contributed by atoms with Gasteiger partial charge in [0, 0.05) is 11.3 Å². The number of benzene rings is 2. The minimum Gasteiger partial charge on any atom is -0.487 e. The molecular weight excluding hydrogens is 414 g/mol. The molecule has 0 radical (unpaired) electrons. The summed E-state index contributed by atoms with van der Waals surface area (Å²) in [6.45, 7) is 4.46. The molecule has 1 unspecified atom stereocenters. The molecule has 0 fully saturated rings. The first-order chi connectivity index (χ1) is 15.0. The first-order valence-corrected chi connectivity index (χ1v) is 10.9. The van der Waals surface area contributed by atoms with Gasteiger partial charge in [0.1, 0.15) is 23.8 Å². The van der Waals surface area contributed by atoms with Gasteiger partial charge in [-0.15, -0.1) is 11.3 Å². The van der Waals surface area contributed by atoms with Gasteiger partial charge in [-0.25, -0.2) is 4.98 Å². The van der Waals surface area contributed by atoms with Crippen LogP contribution in [-0.2, 0) is 16.1 Å². The molecule has 0 amide bonds. The Labute approximate surface area is 184 Å². The highest BCUT2D eigenvalue weighted by Crippen LogP contribution is 2.34. The van der Waals surface area contributed by atoms with E-state index in [9.17, 15) is 4.79 Å². The summed E-state index contributed by atoms with van der Waals surface area (Å²) in [5.74, 6) is 1.10. The van der Waals surface area contributed by atoms with Crippen LogP contribution in [0.1, 0.15) is 36.5 Å². The lowest BCUT2D eigenvalue weighted by atomic mass is 10.1. The fraction of sp³-hybridized carbons (Fsp3) is 0.250. The number of ether oxygens (including phenoxy) is 2. The summed E-state index contributed by atoms with van der Waals surface area (Å²) in [5, 5.41) is 10.2. The van der Waals surface area contributed by atoms with Crippen molar-refractivity contribution in [3.63, 3.8) is 0 Å². The fourth-order valence-corrected chi connectivity index (χ4v) is 4.31. The number of hydrogen-bond donors (Lipinski definition) is 1. The molecule has 0 aliphatic carbocycles. The van der Waals surface area contributed by atoms with Crippen molar-refractivity contribution in [3.8, 4) is 16.5 Å². The maximum absolute atomic E-state index is 11.1. The Morgan fingerprint density at radius 2 is 1.97 bits per heavy atom. The molecule has 1 atom stereocenters. The van der Waals surface area contributed by atoms with Gasteiger partial charge in [-0.05, 0) is 49.1 Å². The molecule has 0 bridgehead atoms. The lowest BCUT2D eigenvalue weighted by Gasteiger charge is -2.15. The van der Waals surface area contributed by atoms with Gasteiger partial charge in [0.05, 0.1) is 17.4 Å². The Bertz CT molecular complexity index is 1150.